The van der Waals surface area contributed by atoms with E-state index < -0.39 is 0 Å². The monoisotopic (exact) mass is 198 g/mol. The fourth-order valence-corrected chi connectivity index (χ4v) is 0.985. The Morgan fingerprint density at radius 3 is 2.92 bits per heavy atom. The quantitative estimate of drug-likeness (QED) is 0.694. The summed E-state index contributed by atoms with van der Waals surface area (Å²) in [6.45, 7) is 2.02. The highest BCUT2D eigenvalue weighted by Crippen LogP contribution is 2.11. The molecule has 0 bridgehead atoms. The van der Waals surface area contributed by atoms with Crippen molar-refractivity contribution in [2.75, 3.05) is 12.5 Å². The van der Waals surface area contributed by atoms with Gasteiger partial charge in [0.25, 0.3) is 0 Å². The molecule has 0 heterocycles. The number of halogens is 1. The molecule has 0 atom stereocenters. The lowest BCUT2D eigenvalue weighted by Gasteiger charge is -2.04. The van der Waals surface area contributed by atoms with Gasteiger partial charge in [-0.25, -0.2) is 0 Å². The van der Waals surface area contributed by atoms with Gasteiger partial charge in [0.05, 0.1) is 5.88 Å². The van der Waals surface area contributed by atoms with Crippen molar-refractivity contribution in [2.24, 2.45) is 0 Å². The third-order valence-electron chi connectivity index (χ3n) is 1.54. The molecule has 2 nitrogen and oxygen atoms in total. The van der Waals surface area contributed by atoms with Crippen molar-refractivity contribution >= 4 is 17.4 Å². The molecule has 0 saturated carbocycles. The van der Waals surface area contributed by atoms with Crippen molar-refractivity contribution in [3.05, 3.63) is 29.8 Å². The van der Waals surface area contributed by atoms with Crippen LogP contribution in [-0.4, -0.2) is 18.3 Å². The van der Waals surface area contributed by atoms with Crippen LogP contribution in [0.2, 0.25) is 0 Å². The first-order valence-electron chi connectivity index (χ1n) is 3.99. The summed E-state index contributed by atoms with van der Waals surface area (Å²) in [5, 5.41) is 0. The molecule has 1 rings (SSSR count). The van der Waals surface area contributed by atoms with Gasteiger partial charge in [0.2, 0.25) is 0 Å². The van der Waals surface area contributed by atoms with E-state index in [-0.39, 0.29) is 18.3 Å². The van der Waals surface area contributed by atoms with Gasteiger partial charge in [-0.3, -0.25) is 4.79 Å². The normalized spacial score (nSPS) is 9.69. The fourth-order valence-electron chi connectivity index (χ4n) is 0.908. The second-order valence-electron chi connectivity index (χ2n) is 2.78. The Balaban J connectivity index is 2.50. The molecule has 3 heteroatoms. The first-order valence-corrected chi connectivity index (χ1v) is 4.53. The molecular weight excluding hydrogens is 188 g/mol. The Morgan fingerprint density at radius 1 is 1.54 bits per heavy atom. The maximum Gasteiger partial charge on any atom is 0.184 e. The van der Waals surface area contributed by atoms with Crippen molar-refractivity contribution in [3.63, 3.8) is 0 Å². The van der Waals surface area contributed by atoms with Crippen LogP contribution in [0.1, 0.15) is 5.56 Å². The van der Waals surface area contributed by atoms with E-state index in [0.717, 1.165) is 5.56 Å². The molecule has 1 aromatic carbocycles. The number of carbonyl (C=O) groups excluding carboxylic acids is 1. The summed E-state index contributed by atoms with van der Waals surface area (Å²) in [6.07, 6.45) is 0. The summed E-state index contributed by atoms with van der Waals surface area (Å²) in [5.41, 5.74) is 1.11. The number of ether oxygens (including phenoxy) is 1. The van der Waals surface area contributed by atoms with Crippen molar-refractivity contribution in [2.45, 2.75) is 6.92 Å². The van der Waals surface area contributed by atoms with Crippen LogP contribution in [0.15, 0.2) is 24.3 Å². The zero-order valence-corrected chi connectivity index (χ0v) is 8.17. The lowest BCUT2D eigenvalue weighted by atomic mass is 10.2. The van der Waals surface area contributed by atoms with Crippen LogP contribution in [0, 0.1) is 6.92 Å². The van der Waals surface area contributed by atoms with E-state index in [2.05, 4.69) is 0 Å². The smallest absolute Gasteiger partial charge is 0.184 e. The number of hydrogen-bond acceptors (Lipinski definition) is 2. The molecule has 13 heavy (non-hydrogen) atoms. The van der Waals surface area contributed by atoms with E-state index in [0.29, 0.717) is 5.75 Å². The molecular formula is C10H11ClO2. The van der Waals surface area contributed by atoms with Crippen molar-refractivity contribution < 1.29 is 9.53 Å². The maximum atomic E-state index is 10.8. The fraction of sp³-hybridized carbons (Fsp3) is 0.300. The number of alkyl halides is 1. The second kappa shape index (κ2) is 4.87. The molecule has 0 radical (unpaired) electrons. The second-order valence-corrected chi connectivity index (χ2v) is 3.04. The van der Waals surface area contributed by atoms with Crippen LogP contribution in [0.5, 0.6) is 5.75 Å². The van der Waals surface area contributed by atoms with Crippen molar-refractivity contribution in [1.29, 1.82) is 0 Å². The minimum absolute atomic E-state index is 0.00577. The lowest BCUT2D eigenvalue weighted by Crippen LogP contribution is -2.12. The molecule has 0 aromatic heterocycles. The maximum absolute atomic E-state index is 10.8. The van der Waals surface area contributed by atoms with Gasteiger partial charge in [-0.1, -0.05) is 12.1 Å². The van der Waals surface area contributed by atoms with Crippen LogP contribution in [-0.2, 0) is 4.79 Å². The summed E-state index contributed by atoms with van der Waals surface area (Å²) in [6, 6.07) is 7.54. The van der Waals surface area contributed by atoms with E-state index in [9.17, 15) is 4.79 Å². The molecule has 0 N–H and O–H groups in total. The standard InChI is InChI=1S/C10H11ClO2/c1-8-3-2-4-10(5-8)13-7-9(12)6-11/h2-5H,6-7H2,1H3. The molecule has 0 spiro atoms. The zero-order chi connectivity index (χ0) is 9.68. The van der Waals surface area contributed by atoms with Crippen LogP contribution in [0.25, 0.3) is 0 Å². The van der Waals surface area contributed by atoms with Crippen molar-refractivity contribution in [3.8, 4) is 5.75 Å². The van der Waals surface area contributed by atoms with E-state index in [1.54, 1.807) is 0 Å². The minimum Gasteiger partial charge on any atom is -0.486 e. The predicted molar refractivity (Wildman–Crippen MR) is 52.4 cm³/mol. The number of aryl methyl sites for hydroxylation is 1. The SMILES string of the molecule is Cc1cccc(OCC(=O)CCl)c1. The highest BCUT2D eigenvalue weighted by Gasteiger charge is 2.00. The highest BCUT2D eigenvalue weighted by molar-refractivity contribution is 6.27. The van der Waals surface area contributed by atoms with Gasteiger partial charge in [0.1, 0.15) is 12.4 Å². The summed E-state index contributed by atoms with van der Waals surface area (Å²) < 4.78 is 5.21. The zero-order valence-electron chi connectivity index (χ0n) is 7.42. The van der Waals surface area contributed by atoms with E-state index >= 15 is 0 Å². The number of hydrogen-bond donors (Lipinski definition) is 0. The van der Waals surface area contributed by atoms with Crippen molar-refractivity contribution in [1.82, 2.24) is 0 Å². The van der Waals surface area contributed by atoms with Gasteiger partial charge in [-0.15, -0.1) is 11.6 Å². The van der Waals surface area contributed by atoms with E-state index in [1.165, 1.54) is 0 Å². The molecule has 1 aromatic rings. The van der Waals surface area contributed by atoms with Gasteiger partial charge in [-0.2, -0.15) is 0 Å². The first-order chi connectivity index (χ1) is 6.22. The summed E-state index contributed by atoms with van der Waals surface area (Å²) in [5.74, 6) is 0.605. The van der Waals surface area contributed by atoms with Gasteiger partial charge < -0.3 is 4.74 Å². The van der Waals surface area contributed by atoms with Gasteiger partial charge in [0, 0.05) is 0 Å². The third kappa shape index (κ3) is 3.47. The number of carbonyl (C=O) groups is 1. The Kier molecular flexibility index (Phi) is 3.77. The molecule has 0 unspecified atom stereocenters. The van der Waals surface area contributed by atoms with Gasteiger partial charge >= 0.3 is 0 Å². The third-order valence-corrected chi connectivity index (χ3v) is 1.84. The van der Waals surface area contributed by atoms with E-state index in [4.69, 9.17) is 16.3 Å². The van der Waals surface area contributed by atoms with Crippen LogP contribution in [0.3, 0.4) is 0 Å². The minimum atomic E-state index is -0.108. The van der Waals surface area contributed by atoms with Crippen LogP contribution >= 0.6 is 11.6 Å². The predicted octanol–water partition coefficient (Wildman–Crippen LogP) is 2.18. The topological polar surface area (TPSA) is 26.3 Å². The number of benzene rings is 1. The summed E-state index contributed by atoms with van der Waals surface area (Å²) >= 11 is 5.32. The molecule has 0 saturated heterocycles. The Bertz CT molecular complexity index is 297. The molecule has 0 amide bonds. The molecule has 70 valence electrons. The number of ketones is 1. The summed E-state index contributed by atoms with van der Waals surface area (Å²) in [4.78, 5) is 10.8. The first kappa shape index (κ1) is 10.1. The highest BCUT2D eigenvalue weighted by atomic mass is 35.5. The average molecular weight is 199 g/mol. The van der Waals surface area contributed by atoms with E-state index in [1.807, 2.05) is 31.2 Å². The van der Waals surface area contributed by atoms with Crippen LogP contribution in [0.4, 0.5) is 0 Å². The average Bonchev–Trinajstić information content (AvgIpc) is 2.14. The number of Topliss-reactive ketones (excluding diaryl/α,β-unsaturated/α-hetero) is 1. The Labute approximate surface area is 82.5 Å². The lowest BCUT2D eigenvalue weighted by molar-refractivity contribution is -0.118. The molecule has 0 aliphatic rings. The number of rotatable bonds is 4. The molecule has 0 fully saturated rings. The molecule has 0 aliphatic carbocycles. The van der Waals surface area contributed by atoms with Crippen LogP contribution < -0.4 is 4.74 Å². The Hall–Kier alpha value is -1.02. The van der Waals surface area contributed by atoms with Gasteiger partial charge in [-0.05, 0) is 24.6 Å². The summed E-state index contributed by atoms with van der Waals surface area (Å²) in [7, 11) is 0. The van der Waals surface area contributed by atoms with Gasteiger partial charge in [0.15, 0.2) is 5.78 Å². The molecule has 0 aliphatic heterocycles. The largest absolute Gasteiger partial charge is 0.486 e. The Morgan fingerprint density at radius 2 is 2.31 bits per heavy atom.